The van der Waals surface area contributed by atoms with Crippen LogP contribution in [0.3, 0.4) is 0 Å². The van der Waals surface area contributed by atoms with Crippen molar-refractivity contribution in [3.8, 4) is 0 Å². The maximum Gasteiger partial charge on any atom is 2.00 e. The molecule has 9 heavy (non-hydrogen) atoms. The first-order chi connectivity index (χ1) is 3.80. The first-order valence-electron chi connectivity index (χ1n) is 1.89. The van der Waals surface area contributed by atoms with Crippen LogP contribution in [-0.4, -0.2) is 0 Å². The van der Waals surface area contributed by atoms with Crippen molar-refractivity contribution in [2.45, 2.75) is 0 Å². The Morgan fingerprint density at radius 3 is 2.33 bits per heavy atom. The Bertz CT molecular complexity index is 151. The van der Waals surface area contributed by atoms with Gasteiger partial charge in [-0.25, -0.2) is 0 Å². The molecule has 52 valence electrons. The van der Waals surface area contributed by atoms with Gasteiger partial charge in [0.15, 0.2) is 0 Å². The SMILES string of the molecule is [Pt+2].[S-]C1=C([S-])SSC=C1. The molecule has 1 heterocycles. The number of hydrogen-bond donors (Lipinski definition) is 0. The van der Waals surface area contributed by atoms with Crippen LogP contribution in [0.5, 0.6) is 0 Å². The molecule has 0 amide bonds. The van der Waals surface area contributed by atoms with Crippen LogP contribution in [0.15, 0.2) is 20.6 Å². The van der Waals surface area contributed by atoms with E-state index in [1.54, 1.807) is 21.6 Å². The monoisotopic (exact) mass is 373 g/mol. The molecular weight excluding hydrogens is 371 g/mol. The van der Waals surface area contributed by atoms with Crippen molar-refractivity contribution in [3.05, 3.63) is 20.6 Å². The van der Waals surface area contributed by atoms with Gasteiger partial charge < -0.3 is 25.3 Å². The van der Waals surface area contributed by atoms with Gasteiger partial charge in [0.1, 0.15) is 0 Å². The molecule has 0 aromatic heterocycles. The van der Waals surface area contributed by atoms with Crippen LogP contribution < -0.4 is 0 Å². The molecule has 0 saturated heterocycles. The molecule has 0 unspecified atom stereocenters. The van der Waals surface area contributed by atoms with Crippen LogP contribution >= 0.6 is 21.6 Å². The Kier molecular flexibility index (Phi) is 5.76. The Balaban J connectivity index is 0.000000640. The van der Waals surface area contributed by atoms with Crippen LogP contribution in [-0.2, 0) is 46.3 Å². The van der Waals surface area contributed by atoms with Gasteiger partial charge in [-0.2, -0.15) is 4.91 Å². The number of allylic oxidation sites excluding steroid dienone is 1. The van der Waals surface area contributed by atoms with E-state index in [4.69, 9.17) is 25.3 Å². The maximum absolute atomic E-state index is 4.88. The minimum absolute atomic E-state index is 0. The van der Waals surface area contributed by atoms with Gasteiger partial charge in [0.05, 0.1) is 0 Å². The second-order valence-electron chi connectivity index (χ2n) is 1.13. The zero-order chi connectivity index (χ0) is 5.98. The van der Waals surface area contributed by atoms with Crippen LogP contribution in [0, 0.1) is 0 Å². The van der Waals surface area contributed by atoms with Crippen molar-refractivity contribution in [2.24, 2.45) is 0 Å². The Hall–Kier alpha value is 1.31. The average Bonchev–Trinajstić information content (AvgIpc) is 1.77. The van der Waals surface area contributed by atoms with Crippen molar-refractivity contribution >= 4 is 46.8 Å². The molecule has 0 aromatic carbocycles. The van der Waals surface area contributed by atoms with Crippen LogP contribution in [0.25, 0.3) is 0 Å². The summed E-state index contributed by atoms with van der Waals surface area (Å²) in [7, 11) is 3.16. The summed E-state index contributed by atoms with van der Waals surface area (Å²) in [6, 6.07) is 0. The van der Waals surface area contributed by atoms with Crippen molar-refractivity contribution in [1.82, 2.24) is 0 Å². The molecule has 0 aliphatic carbocycles. The second-order valence-corrected chi connectivity index (χ2v) is 4.36. The third-order valence-corrected chi connectivity index (χ3v) is 3.82. The Labute approximate surface area is 87.8 Å². The van der Waals surface area contributed by atoms with Crippen LogP contribution in [0.1, 0.15) is 0 Å². The van der Waals surface area contributed by atoms with Gasteiger partial charge in [0, 0.05) is 0 Å². The molecule has 0 N–H and O–H groups in total. The molecule has 0 saturated carbocycles. The zero-order valence-corrected chi connectivity index (χ0v) is 9.64. The summed E-state index contributed by atoms with van der Waals surface area (Å²) in [5.41, 5.74) is 0. The summed E-state index contributed by atoms with van der Waals surface area (Å²) < 4.78 is 0.826. The number of rotatable bonds is 0. The molecule has 0 bridgehead atoms. The maximum atomic E-state index is 4.88. The molecule has 0 atom stereocenters. The first kappa shape index (κ1) is 10.3. The summed E-state index contributed by atoms with van der Waals surface area (Å²) in [5.74, 6) is 0. The van der Waals surface area contributed by atoms with E-state index in [9.17, 15) is 0 Å². The van der Waals surface area contributed by atoms with Gasteiger partial charge in [-0.05, 0) is 5.41 Å². The molecule has 0 spiro atoms. The molecule has 0 nitrogen and oxygen atoms in total. The predicted octanol–water partition coefficient (Wildman–Crippen LogP) is 2.16. The normalized spacial score (nSPS) is 17.3. The van der Waals surface area contributed by atoms with Gasteiger partial charge in [0.2, 0.25) is 0 Å². The van der Waals surface area contributed by atoms with E-state index in [1.807, 2.05) is 11.5 Å². The largest absolute Gasteiger partial charge is 2.00 e. The third-order valence-electron chi connectivity index (χ3n) is 0.600. The fourth-order valence-electron chi connectivity index (χ4n) is 0.270. The van der Waals surface area contributed by atoms with E-state index in [2.05, 4.69) is 0 Å². The van der Waals surface area contributed by atoms with E-state index in [1.165, 1.54) is 0 Å². The molecule has 0 radical (unpaired) electrons. The van der Waals surface area contributed by atoms with E-state index in [-0.39, 0.29) is 21.1 Å². The fraction of sp³-hybridized carbons (Fsp3) is 0. The van der Waals surface area contributed by atoms with E-state index < -0.39 is 0 Å². The molecule has 1 aliphatic heterocycles. The molecule has 1 rings (SSSR count). The summed E-state index contributed by atoms with van der Waals surface area (Å²) in [6.07, 6.45) is 1.86. The van der Waals surface area contributed by atoms with Crippen LogP contribution in [0.4, 0.5) is 0 Å². The molecule has 5 heteroatoms. The smallest absolute Gasteiger partial charge is 0.781 e. The molecule has 0 fully saturated rings. The Morgan fingerprint density at radius 1 is 1.33 bits per heavy atom. The minimum atomic E-state index is 0. The summed E-state index contributed by atoms with van der Waals surface area (Å²) in [5, 5.41) is 1.95. The van der Waals surface area contributed by atoms with E-state index >= 15 is 0 Å². The van der Waals surface area contributed by atoms with E-state index in [0.29, 0.717) is 0 Å². The van der Waals surface area contributed by atoms with Gasteiger partial charge in [-0.3, -0.25) is 0 Å². The summed E-state index contributed by atoms with van der Waals surface area (Å²) >= 11 is 9.74. The minimum Gasteiger partial charge on any atom is -0.781 e. The summed E-state index contributed by atoms with van der Waals surface area (Å²) in [4.78, 5) is 0.795. The van der Waals surface area contributed by atoms with Crippen molar-refractivity contribution in [3.63, 3.8) is 0 Å². The molecular formula is C4H2PtS4. The molecule has 1 aliphatic rings. The topological polar surface area (TPSA) is 0 Å². The second kappa shape index (κ2) is 5.02. The van der Waals surface area contributed by atoms with Crippen molar-refractivity contribution < 1.29 is 21.1 Å². The third kappa shape index (κ3) is 3.28. The van der Waals surface area contributed by atoms with Gasteiger partial charge in [0.25, 0.3) is 0 Å². The Morgan fingerprint density at radius 2 is 2.00 bits per heavy atom. The molecule has 0 aromatic rings. The van der Waals surface area contributed by atoms with Gasteiger partial charge >= 0.3 is 21.1 Å². The van der Waals surface area contributed by atoms with Gasteiger partial charge in [-0.1, -0.05) is 27.7 Å². The standard InChI is InChI=1S/C4H4S4.Pt/c5-3-1-2-7-8-4(3)6;/h1-2,5-6H;/q;+2/p-2. The first-order valence-corrected chi connectivity index (χ1v) is 4.92. The quantitative estimate of drug-likeness (QED) is 0.471. The van der Waals surface area contributed by atoms with E-state index in [0.717, 1.165) is 9.14 Å². The zero-order valence-electron chi connectivity index (χ0n) is 4.10. The summed E-state index contributed by atoms with van der Waals surface area (Å²) in [6.45, 7) is 0. The van der Waals surface area contributed by atoms with Crippen LogP contribution in [0.2, 0.25) is 0 Å². The van der Waals surface area contributed by atoms with Crippen molar-refractivity contribution in [1.29, 1.82) is 0 Å². The number of hydrogen-bond acceptors (Lipinski definition) is 4. The van der Waals surface area contributed by atoms with Gasteiger partial charge in [-0.15, -0.1) is 4.24 Å². The fourth-order valence-corrected chi connectivity index (χ4v) is 2.48. The average molecular weight is 373 g/mol. The van der Waals surface area contributed by atoms with Crippen molar-refractivity contribution in [2.75, 3.05) is 0 Å². The predicted molar refractivity (Wildman–Crippen MR) is 46.1 cm³/mol.